The summed E-state index contributed by atoms with van der Waals surface area (Å²) < 4.78 is 0. The molecule has 21 heavy (non-hydrogen) atoms. The Morgan fingerprint density at radius 3 is 2.86 bits per heavy atom. The predicted octanol–water partition coefficient (Wildman–Crippen LogP) is 2.56. The van der Waals surface area contributed by atoms with Gasteiger partial charge in [0.05, 0.1) is 0 Å². The third-order valence-electron chi connectivity index (χ3n) is 4.73. The quantitative estimate of drug-likeness (QED) is 0.901. The largest absolute Gasteiger partial charge is 0.354 e. The molecule has 0 bridgehead atoms. The summed E-state index contributed by atoms with van der Waals surface area (Å²) in [6.07, 6.45) is 4.50. The number of nitrogens with one attached hydrogen (secondary N) is 1. The molecule has 0 heterocycles. The van der Waals surface area contributed by atoms with Crippen molar-refractivity contribution in [2.75, 3.05) is 6.54 Å². The van der Waals surface area contributed by atoms with E-state index in [1.807, 2.05) is 13.8 Å². The highest BCUT2D eigenvalue weighted by Crippen LogP contribution is 2.60. The van der Waals surface area contributed by atoms with Crippen LogP contribution in [0.1, 0.15) is 44.2 Å². The van der Waals surface area contributed by atoms with E-state index < -0.39 is 0 Å². The van der Waals surface area contributed by atoms with Crippen LogP contribution in [0.5, 0.6) is 0 Å². The first-order valence-electron chi connectivity index (χ1n) is 7.57. The Balaban J connectivity index is 0.00000161. The van der Waals surface area contributed by atoms with Gasteiger partial charge in [-0.2, -0.15) is 0 Å². The smallest absolute Gasteiger partial charge is 0.224 e. The number of hydrogen-bond acceptors (Lipinski definition) is 2. The molecule has 2 atom stereocenters. The van der Waals surface area contributed by atoms with E-state index in [1.165, 1.54) is 17.5 Å². The summed E-state index contributed by atoms with van der Waals surface area (Å²) in [7, 11) is 0. The Morgan fingerprint density at radius 1 is 1.43 bits per heavy atom. The summed E-state index contributed by atoms with van der Waals surface area (Å²) in [5.41, 5.74) is 8.57. The van der Waals surface area contributed by atoms with Crippen LogP contribution in [0.2, 0.25) is 0 Å². The lowest BCUT2D eigenvalue weighted by atomic mass is 9.78. The monoisotopic (exact) mass is 308 g/mol. The number of amides is 1. The molecule has 3 N–H and O–H groups in total. The van der Waals surface area contributed by atoms with Crippen molar-refractivity contribution in [3.63, 3.8) is 0 Å². The topological polar surface area (TPSA) is 55.1 Å². The Hall–Kier alpha value is -1.06. The zero-order valence-electron chi connectivity index (χ0n) is 12.8. The summed E-state index contributed by atoms with van der Waals surface area (Å²) in [6.45, 7) is 4.41. The van der Waals surface area contributed by atoms with Crippen molar-refractivity contribution in [3.8, 4) is 0 Å². The number of halogens is 1. The molecule has 116 valence electrons. The molecule has 2 aliphatic rings. The van der Waals surface area contributed by atoms with E-state index >= 15 is 0 Å². The SMILES string of the molecule is CC(C)(N)CNC(=O)C1CC12CCCc1ccccc12.Cl. The molecule has 1 aromatic rings. The van der Waals surface area contributed by atoms with Gasteiger partial charge in [0.2, 0.25) is 5.91 Å². The molecule has 3 rings (SSSR count). The maximum absolute atomic E-state index is 12.4. The number of nitrogens with two attached hydrogens (primary N) is 1. The average molecular weight is 309 g/mol. The van der Waals surface area contributed by atoms with Gasteiger partial charge >= 0.3 is 0 Å². The molecule has 1 saturated carbocycles. The molecule has 4 heteroatoms. The van der Waals surface area contributed by atoms with Crippen molar-refractivity contribution in [3.05, 3.63) is 35.4 Å². The van der Waals surface area contributed by atoms with Gasteiger partial charge in [-0.1, -0.05) is 24.3 Å². The van der Waals surface area contributed by atoms with Gasteiger partial charge in [0, 0.05) is 23.4 Å². The van der Waals surface area contributed by atoms with E-state index in [9.17, 15) is 4.79 Å². The van der Waals surface area contributed by atoms with Gasteiger partial charge < -0.3 is 11.1 Å². The van der Waals surface area contributed by atoms with Gasteiger partial charge in [-0.25, -0.2) is 0 Å². The normalized spacial score (nSPS) is 26.7. The molecule has 0 aromatic heterocycles. The predicted molar refractivity (Wildman–Crippen MR) is 87.7 cm³/mol. The van der Waals surface area contributed by atoms with Crippen LogP contribution < -0.4 is 11.1 Å². The molecule has 0 saturated heterocycles. The maximum Gasteiger partial charge on any atom is 0.224 e. The summed E-state index contributed by atoms with van der Waals surface area (Å²) in [5.74, 6) is 0.325. The highest BCUT2D eigenvalue weighted by atomic mass is 35.5. The lowest BCUT2D eigenvalue weighted by Crippen LogP contribution is -2.46. The number of benzene rings is 1. The standard InChI is InChI=1S/C17H24N2O.ClH/c1-16(2,18)11-19-15(20)14-10-17(14)9-5-7-12-6-3-4-8-13(12)17;/h3-4,6,8,14H,5,7,9-11,18H2,1-2H3,(H,19,20);1H. The van der Waals surface area contributed by atoms with E-state index in [-0.39, 0.29) is 35.2 Å². The average Bonchev–Trinajstić information content (AvgIpc) is 3.11. The number of carbonyl (C=O) groups excluding carboxylic acids is 1. The number of rotatable bonds is 3. The third kappa shape index (κ3) is 3.09. The molecular formula is C17H25ClN2O. The molecule has 2 aliphatic carbocycles. The minimum atomic E-state index is -0.345. The van der Waals surface area contributed by atoms with E-state index in [0.29, 0.717) is 6.54 Å². The Morgan fingerprint density at radius 2 is 2.14 bits per heavy atom. The van der Waals surface area contributed by atoms with Crippen LogP contribution in [-0.4, -0.2) is 18.0 Å². The molecule has 0 aliphatic heterocycles. The molecular weight excluding hydrogens is 284 g/mol. The van der Waals surface area contributed by atoms with Crippen LogP contribution in [0, 0.1) is 5.92 Å². The molecule has 0 radical (unpaired) electrons. The van der Waals surface area contributed by atoms with Crippen LogP contribution in [0.4, 0.5) is 0 Å². The first-order chi connectivity index (χ1) is 9.42. The van der Waals surface area contributed by atoms with E-state index in [1.54, 1.807) is 0 Å². The molecule has 3 nitrogen and oxygen atoms in total. The van der Waals surface area contributed by atoms with Crippen molar-refractivity contribution in [2.45, 2.75) is 50.5 Å². The minimum absolute atomic E-state index is 0. The summed E-state index contributed by atoms with van der Waals surface area (Å²) in [5, 5.41) is 3.02. The minimum Gasteiger partial charge on any atom is -0.354 e. The highest BCUT2D eigenvalue weighted by molar-refractivity contribution is 5.85. The summed E-state index contributed by atoms with van der Waals surface area (Å²) in [6, 6.07) is 8.63. The van der Waals surface area contributed by atoms with Crippen LogP contribution in [-0.2, 0) is 16.6 Å². The molecule has 1 fully saturated rings. The van der Waals surface area contributed by atoms with Gasteiger partial charge in [-0.15, -0.1) is 12.4 Å². The Labute approximate surface area is 133 Å². The van der Waals surface area contributed by atoms with Gasteiger partial charge in [0.1, 0.15) is 0 Å². The molecule has 1 amide bonds. The van der Waals surface area contributed by atoms with Crippen LogP contribution in [0.15, 0.2) is 24.3 Å². The second kappa shape index (κ2) is 5.62. The second-order valence-corrected chi connectivity index (χ2v) is 7.13. The third-order valence-corrected chi connectivity index (χ3v) is 4.73. The fraction of sp³-hybridized carbons (Fsp3) is 0.588. The first kappa shape index (κ1) is 16.3. The zero-order chi connectivity index (χ0) is 14.4. The van der Waals surface area contributed by atoms with Crippen LogP contribution >= 0.6 is 12.4 Å². The summed E-state index contributed by atoms with van der Waals surface area (Å²) in [4.78, 5) is 12.4. The maximum atomic E-state index is 12.4. The molecule has 2 unspecified atom stereocenters. The number of hydrogen-bond donors (Lipinski definition) is 2. The molecule has 1 spiro atoms. The first-order valence-corrected chi connectivity index (χ1v) is 7.57. The lowest BCUT2D eigenvalue weighted by Gasteiger charge is -2.27. The van der Waals surface area contributed by atoms with Gasteiger partial charge in [0.25, 0.3) is 0 Å². The van der Waals surface area contributed by atoms with E-state index in [2.05, 4.69) is 29.6 Å². The van der Waals surface area contributed by atoms with Gasteiger partial charge in [-0.05, 0) is 50.7 Å². The highest BCUT2D eigenvalue weighted by Gasteiger charge is 2.59. The van der Waals surface area contributed by atoms with Gasteiger partial charge in [-0.3, -0.25) is 4.79 Å². The fourth-order valence-electron chi connectivity index (χ4n) is 3.61. The number of aryl methyl sites for hydroxylation is 1. The number of carbonyl (C=O) groups is 1. The van der Waals surface area contributed by atoms with Crippen molar-refractivity contribution in [1.29, 1.82) is 0 Å². The lowest BCUT2D eigenvalue weighted by molar-refractivity contribution is -0.123. The second-order valence-electron chi connectivity index (χ2n) is 7.13. The van der Waals surface area contributed by atoms with Crippen molar-refractivity contribution < 1.29 is 4.79 Å². The van der Waals surface area contributed by atoms with Crippen molar-refractivity contribution in [1.82, 2.24) is 5.32 Å². The fourth-order valence-corrected chi connectivity index (χ4v) is 3.61. The van der Waals surface area contributed by atoms with E-state index in [4.69, 9.17) is 5.73 Å². The van der Waals surface area contributed by atoms with Crippen LogP contribution in [0.3, 0.4) is 0 Å². The van der Waals surface area contributed by atoms with Crippen molar-refractivity contribution in [2.24, 2.45) is 11.7 Å². The Kier molecular flexibility index (Phi) is 4.36. The van der Waals surface area contributed by atoms with Gasteiger partial charge in [0.15, 0.2) is 0 Å². The number of fused-ring (bicyclic) bond motifs is 2. The summed E-state index contributed by atoms with van der Waals surface area (Å²) >= 11 is 0. The van der Waals surface area contributed by atoms with Crippen molar-refractivity contribution >= 4 is 18.3 Å². The zero-order valence-corrected chi connectivity index (χ0v) is 13.6. The molecule has 1 aromatic carbocycles. The van der Waals surface area contributed by atoms with Crippen LogP contribution in [0.25, 0.3) is 0 Å². The van der Waals surface area contributed by atoms with E-state index in [0.717, 1.165) is 19.3 Å². The Bertz CT molecular complexity index is 538.